The normalized spacial score (nSPS) is 19.7. The Morgan fingerprint density at radius 2 is 1.87 bits per heavy atom. The molecule has 1 aromatic rings. The molecule has 2 aliphatic rings. The summed E-state index contributed by atoms with van der Waals surface area (Å²) in [5, 5.41) is 13.4. The molecular weight excluding hydrogens is 312 g/mol. The minimum atomic E-state index is 0.221. The van der Waals surface area contributed by atoms with Gasteiger partial charge in [-0.25, -0.2) is 11.7 Å². The molecule has 0 radical (unpaired) electrons. The largest absolute Gasteiger partial charge is 0.506 e. The molecule has 23 heavy (non-hydrogen) atoms. The minimum Gasteiger partial charge on any atom is -0.506 e. The number of nitrogens with two attached hydrogens (primary N) is 2. The average molecular weight is 336 g/mol. The first-order chi connectivity index (χ1) is 11.1. The lowest BCUT2D eigenvalue weighted by Gasteiger charge is -2.32. The van der Waals surface area contributed by atoms with Crippen molar-refractivity contribution < 1.29 is 5.11 Å². The number of aliphatic hydroxyl groups excluding tert-OH is 1. The van der Waals surface area contributed by atoms with Gasteiger partial charge in [-0.05, 0) is 38.2 Å². The van der Waals surface area contributed by atoms with Gasteiger partial charge in [0.15, 0.2) is 0 Å². The van der Waals surface area contributed by atoms with E-state index in [-0.39, 0.29) is 11.8 Å². The van der Waals surface area contributed by atoms with Crippen LogP contribution in [0, 0.1) is 0 Å². The second-order valence-electron chi connectivity index (χ2n) is 6.24. The van der Waals surface area contributed by atoms with Crippen LogP contribution in [-0.4, -0.2) is 19.9 Å². The minimum absolute atomic E-state index is 0.221. The highest BCUT2D eigenvalue weighted by atomic mass is 32.1. The molecule has 3 rings (SSSR count). The molecule has 8 heteroatoms. The van der Waals surface area contributed by atoms with Crippen molar-refractivity contribution in [2.24, 2.45) is 11.7 Å². The van der Waals surface area contributed by atoms with Crippen LogP contribution in [0.2, 0.25) is 0 Å². The highest BCUT2D eigenvalue weighted by molar-refractivity contribution is 6.99. The van der Waals surface area contributed by atoms with E-state index in [9.17, 15) is 5.11 Å². The first-order valence-corrected chi connectivity index (χ1v) is 8.83. The van der Waals surface area contributed by atoms with Crippen LogP contribution < -0.4 is 21.7 Å². The zero-order chi connectivity index (χ0) is 16.4. The highest BCUT2D eigenvalue weighted by Crippen LogP contribution is 2.33. The van der Waals surface area contributed by atoms with Crippen LogP contribution in [0.4, 0.5) is 11.6 Å². The second-order valence-corrected chi connectivity index (χ2v) is 6.77. The van der Waals surface area contributed by atoms with Crippen molar-refractivity contribution in [2.75, 3.05) is 10.0 Å². The maximum Gasteiger partial charge on any atom is 0.207 e. The number of allylic oxidation sites excluding steroid dienone is 2. The van der Waals surface area contributed by atoms with Crippen LogP contribution in [-0.2, 0) is 0 Å². The van der Waals surface area contributed by atoms with Crippen molar-refractivity contribution in [3.05, 3.63) is 23.1 Å². The van der Waals surface area contributed by atoms with Crippen molar-refractivity contribution in [2.45, 2.75) is 57.9 Å². The Bertz CT molecular complexity index is 619. The Kier molecular flexibility index (Phi) is 4.84. The monoisotopic (exact) mass is 336 g/mol. The number of nitrogens with zero attached hydrogens (tertiary/aromatic N) is 4. The lowest BCUT2D eigenvalue weighted by atomic mass is 9.95. The molecule has 0 saturated heterocycles. The zero-order valence-corrected chi connectivity index (χ0v) is 14.2. The van der Waals surface area contributed by atoms with Gasteiger partial charge in [-0.1, -0.05) is 25.3 Å². The van der Waals surface area contributed by atoms with E-state index in [1.807, 2.05) is 13.0 Å². The topological polar surface area (TPSA) is 105 Å². The van der Waals surface area contributed by atoms with Crippen LogP contribution in [0.3, 0.4) is 0 Å². The molecule has 1 saturated carbocycles. The third kappa shape index (κ3) is 3.19. The number of rotatable bonds is 4. The molecule has 2 aliphatic carbocycles. The molecule has 5 N–H and O–H groups in total. The van der Waals surface area contributed by atoms with Crippen LogP contribution in [0.25, 0.3) is 0 Å². The van der Waals surface area contributed by atoms with Crippen LogP contribution in [0.15, 0.2) is 23.1 Å². The molecule has 1 aromatic heterocycles. The maximum atomic E-state index is 10.3. The summed E-state index contributed by atoms with van der Waals surface area (Å²) >= 11 is 1.08. The number of aliphatic hydroxyl groups is 1. The molecule has 0 amide bonds. The van der Waals surface area contributed by atoms with E-state index >= 15 is 0 Å². The van der Waals surface area contributed by atoms with Crippen molar-refractivity contribution >= 4 is 23.4 Å². The summed E-state index contributed by atoms with van der Waals surface area (Å²) in [5.74, 6) is 13.8. The van der Waals surface area contributed by atoms with E-state index in [4.69, 9.17) is 11.7 Å². The fourth-order valence-electron chi connectivity index (χ4n) is 3.21. The molecule has 0 bridgehead atoms. The first-order valence-electron chi connectivity index (χ1n) is 8.10. The van der Waals surface area contributed by atoms with Crippen LogP contribution in [0.1, 0.15) is 51.9 Å². The molecule has 0 spiro atoms. The van der Waals surface area contributed by atoms with Gasteiger partial charge >= 0.3 is 0 Å². The van der Waals surface area contributed by atoms with Gasteiger partial charge in [0.25, 0.3) is 0 Å². The molecule has 0 aromatic carbocycles. The highest BCUT2D eigenvalue weighted by Gasteiger charge is 2.28. The fraction of sp³-hybridized carbons (Fsp3) is 0.600. The number of hydrogen-bond acceptors (Lipinski definition) is 8. The molecule has 0 atom stereocenters. The third-order valence-corrected chi connectivity index (χ3v) is 5.17. The Morgan fingerprint density at radius 1 is 1.17 bits per heavy atom. The number of hydrogen-bond donors (Lipinski definition) is 3. The predicted octanol–water partition coefficient (Wildman–Crippen LogP) is 2.74. The molecular formula is C15H24N6OS. The van der Waals surface area contributed by atoms with Crippen LogP contribution >= 0.6 is 11.7 Å². The summed E-state index contributed by atoms with van der Waals surface area (Å²) in [7, 11) is 0. The summed E-state index contributed by atoms with van der Waals surface area (Å²) in [5.41, 5.74) is 1.50. The summed E-state index contributed by atoms with van der Waals surface area (Å²) in [6.45, 7) is 1.91. The van der Waals surface area contributed by atoms with Gasteiger partial charge in [-0.3, -0.25) is 10.0 Å². The molecule has 1 fully saturated rings. The van der Waals surface area contributed by atoms with Gasteiger partial charge in [0.05, 0.1) is 17.4 Å². The summed E-state index contributed by atoms with van der Waals surface area (Å²) in [6.07, 6.45) is 9.37. The van der Waals surface area contributed by atoms with Gasteiger partial charge < -0.3 is 5.11 Å². The van der Waals surface area contributed by atoms with Crippen LogP contribution in [0.5, 0.6) is 0 Å². The molecule has 1 heterocycles. The Morgan fingerprint density at radius 3 is 2.61 bits per heavy atom. The van der Waals surface area contributed by atoms with Gasteiger partial charge in [0, 0.05) is 6.04 Å². The smallest absolute Gasteiger partial charge is 0.207 e. The Balaban J connectivity index is 1.84. The summed E-state index contributed by atoms with van der Waals surface area (Å²) in [4.78, 5) is 0. The maximum absolute atomic E-state index is 10.3. The number of anilines is 2. The van der Waals surface area contributed by atoms with Gasteiger partial charge in [0.1, 0.15) is 5.76 Å². The molecule has 0 aliphatic heterocycles. The average Bonchev–Trinajstić information content (AvgIpc) is 3.06. The lowest BCUT2D eigenvalue weighted by molar-refractivity contribution is 0.405. The quantitative estimate of drug-likeness (QED) is 0.573. The zero-order valence-electron chi connectivity index (χ0n) is 13.4. The Labute approximate surface area is 140 Å². The fourth-order valence-corrected chi connectivity index (χ4v) is 3.75. The summed E-state index contributed by atoms with van der Waals surface area (Å²) in [6, 6.07) is 0.269. The van der Waals surface area contributed by atoms with E-state index in [1.54, 1.807) is 5.01 Å². The SMILES string of the molecule is CC1=C(O)C(N(N)c2nsnc2N(N)C2CCCCC2)=CCC1. The van der Waals surface area contributed by atoms with E-state index in [1.165, 1.54) is 24.3 Å². The van der Waals surface area contributed by atoms with Crippen molar-refractivity contribution in [1.82, 2.24) is 8.75 Å². The predicted molar refractivity (Wildman–Crippen MR) is 92.8 cm³/mol. The first kappa shape index (κ1) is 16.2. The van der Waals surface area contributed by atoms with Gasteiger partial charge in [-0.15, -0.1) is 0 Å². The number of hydrazine groups is 2. The Hall–Kier alpha value is -1.64. The summed E-state index contributed by atoms with van der Waals surface area (Å²) < 4.78 is 8.64. The molecule has 126 valence electrons. The van der Waals surface area contributed by atoms with Crippen molar-refractivity contribution in [3.8, 4) is 0 Å². The van der Waals surface area contributed by atoms with Crippen molar-refractivity contribution in [1.29, 1.82) is 0 Å². The standard InChI is InChI=1S/C15H24N6OS/c1-10-6-5-9-12(13(10)22)21(17)15-14(18-23-19-15)20(16)11-7-3-2-4-8-11/h9,11,22H,2-8,16-17H2,1H3. The van der Waals surface area contributed by atoms with Gasteiger partial charge in [-0.2, -0.15) is 8.75 Å². The van der Waals surface area contributed by atoms with Gasteiger partial charge in [0.2, 0.25) is 11.6 Å². The van der Waals surface area contributed by atoms with E-state index in [2.05, 4.69) is 8.75 Å². The second kappa shape index (κ2) is 6.86. The molecule has 7 nitrogen and oxygen atoms in total. The van der Waals surface area contributed by atoms with E-state index in [0.29, 0.717) is 17.3 Å². The number of aromatic nitrogens is 2. The van der Waals surface area contributed by atoms with E-state index in [0.717, 1.165) is 43.0 Å². The van der Waals surface area contributed by atoms with E-state index < -0.39 is 0 Å². The van der Waals surface area contributed by atoms with Crippen molar-refractivity contribution in [3.63, 3.8) is 0 Å². The third-order valence-electron chi connectivity index (χ3n) is 4.66. The molecule has 0 unspecified atom stereocenters. The lowest BCUT2D eigenvalue weighted by Crippen LogP contribution is -2.44.